The van der Waals surface area contributed by atoms with E-state index in [-0.39, 0.29) is 5.54 Å². The molecular formula is C11H19N3O. The lowest BCUT2D eigenvalue weighted by molar-refractivity contribution is 0.413. The monoisotopic (exact) mass is 209 g/mol. The molecule has 0 aliphatic heterocycles. The first-order chi connectivity index (χ1) is 7.07. The summed E-state index contributed by atoms with van der Waals surface area (Å²) in [6.45, 7) is 4.87. The summed E-state index contributed by atoms with van der Waals surface area (Å²) < 4.78 is 5.04. The summed E-state index contributed by atoms with van der Waals surface area (Å²) >= 11 is 0. The fraction of sp³-hybridized carbons (Fsp3) is 0.545. The summed E-state index contributed by atoms with van der Waals surface area (Å²) in [5.74, 6) is 1.60. The molecule has 1 heterocycles. The van der Waals surface area contributed by atoms with Crippen molar-refractivity contribution >= 4 is 5.82 Å². The minimum absolute atomic E-state index is 0.0314. The molecule has 84 valence electrons. The predicted octanol–water partition coefficient (Wildman–Crippen LogP) is 1.63. The van der Waals surface area contributed by atoms with Crippen molar-refractivity contribution in [1.29, 1.82) is 0 Å². The molecule has 0 saturated carbocycles. The topological polar surface area (TPSA) is 60.2 Å². The van der Waals surface area contributed by atoms with Crippen LogP contribution in [-0.2, 0) is 0 Å². The third-order valence-corrected chi connectivity index (χ3v) is 2.21. The van der Waals surface area contributed by atoms with E-state index in [0.29, 0.717) is 6.54 Å². The molecule has 0 spiro atoms. The zero-order valence-electron chi connectivity index (χ0n) is 9.58. The Morgan fingerprint density at radius 3 is 2.67 bits per heavy atom. The average molecular weight is 209 g/mol. The largest absolute Gasteiger partial charge is 0.495 e. The lowest BCUT2D eigenvalue weighted by atomic mass is 10.0. The van der Waals surface area contributed by atoms with Crippen LogP contribution in [-0.4, -0.2) is 24.2 Å². The molecule has 4 nitrogen and oxygen atoms in total. The Morgan fingerprint density at radius 2 is 2.20 bits per heavy atom. The Hall–Kier alpha value is -1.29. The lowest BCUT2D eigenvalue weighted by Gasteiger charge is -2.26. The zero-order valence-corrected chi connectivity index (χ0v) is 9.58. The maximum atomic E-state index is 5.53. The van der Waals surface area contributed by atoms with Crippen LogP contribution in [0.1, 0.15) is 20.3 Å². The molecule has 0 aliphatic rings. The van der Waals surface area contributed by atoms with Gasteiger partial charge >= 0.3 is 0 Å². The lowest BCUT2D eigenvalue weighted by Crippen LogP contribution is -2.33. The number of hydrogen-bond acceptors (Lipinski definition) is 4. The summed E-state index contributed by atoms with van der Waals surface area (Å²) in [5, 5.41) is 3.32. The highest BCUT2D eigenvalue weighted by Gasteiger charge is 2.16. The number of rotatable bonds is 5. The number of nitrogens with zero attached hydrogens (tertiary/aromatic N) is 1. The van der Waals surface area contributed by atoms with E-state index in [1.165, 1.54) is 0 Å². The molecule has 0 fully saturated rings. The summed E-state index contributed by atoms with van der Waals surface area (Å²) in [6.07, 6.45) is 2.60. The second-order valence-electron chi connectivity index (χ2n) is 4.13. The van der Waals surface area contributed by atoms with Gasteiger partial charge in [0.15, 0.2) is 0 Å². The van der Waals surface area contributed by atoms with Gasteiger partial charge in [0.05, 0.1) is 13.3 Å². The van der Waals surface area contributed by atoms with E-state index in [0.717, 1.165) is 18.0 Å². The molecule has 0 aromatic carbocycles. The van der Waals surface area contributed by atoms with Crippen molar-refractivity contribution in [2.45, 2.75) is 25.8 Å². The van der Waals surface area contributed by atoms with Gasteiger partial charge in [-0.05, 0) is 38.9 Å². The zero-order chi connectivity index (χ0) is 11.3. The average Bonchev–Trinajstić information content (AvgIpc) is 2.18. The maximum Gasteiger partial charge on any atom is 0.137 e. The van der Waals surface area contributed by atoms with Gasteiger partial charge in [-0.15, -0.1) is 0 Å². The van der Waals surface area contributed by atoms with Gasteiger partial charge in [0.25, 0.3) is 0 Å². The van der Waals surface area contributed by atoms with Crippen LogP contribution in [0.5, 0.6) is 5.75 Å². The maximum absolute atomic E-state index is 5.53. The Bertz CT molecular complexity index is 295. The van der Waals surface area contributed by atoms with Gasteiger partial charge in [-0.3, -0.25) is 0 Å². The van der Waals surface area contributed by atoms with Crippen molar-refractivity contribution in [3.8, 4) is 5.75 Å². The molecular weight excluding hydrogens is 190 g/mol. The van der Waals surface area contributed by atoms with E-state index >= 15 is 0 Å². The predicted molar refractivity (Wildman–Crippen MR) is 62.2 cm³/mol. The highest BCUT2D eigenvalue weighted by atomic mass is 16.5. The van der Waals surface area contributed by atoms with Crippen molar-refractivity contribution in [2.24, 2.45) is 5.73 Å². The smallest absolute Gasteiger partial charge is 0.137 e. The van der Waals surface area contributed by atoms with E-state index in [2.05, 4.69) is 24.1 Å². The van der Waals surface area contributed by atoms with Crippen LogP contribution in [0.25, 0.3) is 0 Å². The SMILES string of the molecule is COc1ccc(NC(C)(C)CCN)nc1. The first-order valence-corrected chi connectivity index (χ1v) is 5.06. The van der Waals surface area contributed by atoms with Crippen molar-refractivity contribution < 1.29 is 4.74 Å². The molecule has 0 aliphatic carbocycles. The molecule has 0 saturated heterocycles. The number of anilines is 1. The third kappa shape index (κ3) is 3.75. The highest BCUT2D eigenvalue weighted by Crippen LogP contribution is 2.17. The number of nitrogens with one attached hydrogen (secondary N) is 1. The second kappa shape index (κ2) is 4.98. The molecule has 0 bridgehead atoms. The van der Waals surface area contributed by atoms with Crippen molar-refractivity contribution in [2.75, 3.05) is 19.0 Å². The number of nitrogens with two attached hydrogens (primary N) is 1. The van der Waals surface area contributed by atoms with Gasteiger partial charge in [0, 0.05) is 5.54 Å². The minimum Gasteiger partial charge on any atom is -0.495 e. The molecule has 0 radical (unpaired) electrons. The van der Waals surface area contributed by atoms with Crippen molar-refractivity contribution in [3.05, 3.63) is 18.3 Å². The molecule has 0 amide bonds. The van der Waals surface area contributed by atoms with Gasteiger partial charge in [-0.25, -0.2) is 4.98 Å². The van der Waals surface area contributed by atoms with Gasteiger partial charge in [0.1, 0.15) is 11.6 Å². The number of aromatic nitrogens is 1. The summed E-state index contributed by atoms with van der Waals surface area (Å²) in [5.41, 5.74) is 5.50. The Kier molecular flexibility index (Phi) is 3.91. The molecule has 1 aromatic heterocycles. The van der Waals surface area contributed by atoms with Gasteiger partial charge in [0.2, 0.25) is 0 Å². The standard InChI is InChI=1S/C11H19N3O/c1-11(2,6-7-12)14-10-5-4-9(15-3)8-13-10/h4-5,8H,6-7,12H2,1-3H3,(H,13,14). The molecule has 15 heavy (non-hydrogen) atoms. The fourth-order valence-corrected chi connectivity index (χ4v) is 1.35. The summed E-state index contributed by atoms with van der Waals surface area (Å²) in [7, 11) is 1.63. The van der Waals surface area contributed by atoms with Crippen LogP contribution < -0.4 is 15.8 Å². The van der Waals surface area contributed by atoms with Crippen molar-refractivity contribution in [1.82, 2.24) is 4.98 Å². The van der Waals surface area contributed by atoms with Crippen LogP contribution in [0.4, 0.5) is 5.82 Å². The van der Waals surface area contributed by atoms with Crippen LogP contribution in [0.15, 0.2) is 18.3 Å². The Balaban J connectivity index is 2.64. The summed E-state index contributed by atoms with van der Waals surface area (Å²) in [4.78, 5) is 4.24. The van der Waals surface area contributed by atoms with Crippen LogP contribution >= 0.6 is 0 Å². The van der Waals surface area contributed by atoms with E-state index in [1.807, 2.05) is 12.1 Å². The van der Waals surface area contributed by atoms with Gasteiger partial charge < -0.3 is 15.8 Å². The molecule has 4 heteroatoms. The second-order valence-corrected chi connectivity index (χ2v) is 4.13. The van der Waals surface area contributed by atoms with Crippen LogP contribution in [0, 0.1) is 0 Å². The molecule has 3 N–H and O–H groups in total. The number of ether oxygens (including phenoxy) is 1. The molecule has 0 unspecified atom stereocenters. The van der Waals surface area contributed by atoms with Crippen LogP contribution in [0.2, 0.25) is 0 Å². The van der Waals surface area contributed by atoms with Crippen molar-refractivity contribution in [3.63, 3.8) is 0 Å². The van der Waals surface area contributed by atoms with E-state index in [9.17, 15) is 0 Å². The molecule has 1 aromatic rings. The fourth-order valence-electron chi connectivity index (χ4n) is 1.35. The minimum atomic E-state index is -0.0314. The van der Waals surface area contributed by atoms with Gasteiger partial charge in [-0.2, -0.15) is 0 Å². The Morgan fingerprint density at radius 1 is 1.47 bits per heavy atom. The Labute approximate surface area is 90.8 Å². The molecule has 0 atom stereocenters. The van der Waals surface area contributed by atoms with Gasteiger partial charge in [-0.1, -0.05) is 0 Å². The quantitative estimate of drug-likeness (QED) is 0.773. The van der Waals surface area contributed by atoms with E-state index in [1.54, 1.807) is 13.3 Å². The summed E-state index contributed by atoms with van der Waals surface area (Å²) in [6, 6.07) is 3.78. The van der Waals surface area contributed by atoms with E-state index < -0.39 is 0 Å². The first-order valence-electron chi connectivity index (χ1n) is 5.06. The highest BCUT2D eigenvalue weighted by molar-refractivity contribution is 5.39. The number of methoxy groups -OCH3 is 1. The first kappa shape index (κ1) is 11.8. The number of pyridine rings is 1. The number of hydrogen-bond donors (Lipinski definition) is 2. The van der Waals surface area contributed by atoms with Crippen LogP contribution in [0.3, 0.4) is 0 Å². The third-order valence-electron chi connectivity index (χ3n) is 2.21. The molecule has 1 rings (SSSR count). The normalized spacial score (nSPS) is 11.2. The van der Waals surface area contributed by atoms with E-state index in [4.69, 9.17) is 10.5 Å².